The minimum absolute atomic E-state index is 0.0257. The first kappa shape index (κ1) is 17.2. The Labute approximate surface area is 127 Å². The number of hydrogen-bond donors (Lipinski definition) is 1. The summed E-state index contributed by atoms with van der Waals surface area (Å²) < 4.78 is 0. The van der Waals surface area contributed by atoms with E-state index in [2.05, 4.69) is 5.32 Å². The highest BCUT2D eigenvalue weighted by Crippen LogP contribution is 2.14. The minimum Gasteiger partial charge on any atom is -0.342 e. The molecule has 21 heavy (non-hydrogen) atoms. The number of piperazine rings is 1. The van der Waals surface area contributed by atoms with Crippen molar-refractivity contribution in [2.24, 2.45) is 0 Å². The highest BCUT2D eigenvalue weighted by molar-refractivity contribution is 5.96. The molecule has 1 aliphatic rings. The molecule has 0 radical (unpaired) electrons. The van der Waals surface area contributed by atoms with Gasteiger partial charge in [-0.2, -0.15) is 0 Å². The number of nitrogens with zero attached hydrogens (tertiary/aromatic N) is 1. The van der Waals surface area contributed by atoms with Gasteiger partial charge in [0, 0.05) is 13.0 Å². The van der Waals surface area contributed by atoms with Gasteiger partial charge in [-0.05, 0) is 18.9 Å². The van der Waals surface area contributed by atoms with Crippen molar-refractivity contribution in [2.75, 3.05) is 6.54 Å². The average Bonchev–Trinajstić information content (AvgIpc) is 2.52. The maximum atomic E-state index is 12.4. The van der Waals surface area contributed by atoms with Crippen LogP contribution in [0.1, 0.15) is 39.7 Å². The summed E-state index contributed by atoms with van der Waals surface area (Å²) in [6.07, 6.45) is 1.42. The number of nitrogens with one attached hydrogen (secondary N) is 1. The molecule has 1 aliphatic heterocycles. The summed E-state index contributed by atoms with van der Waals surface area (Å²) in [7, 11) is 0. The zero-order valence-corrected chi connectivity index (χ0v) is 13.4. The van der Waals surface area contributed by atoms with E-state index in [9.17, 15) is 9.59 Å². The molecule has 116 valence electrons. The fourth-order valence-corrected chi connectivity index (χ4v) is 2.42. The van der Waals surface area contributed by atoms with Crippen LogP contribution < -0.4 is 5.32 Å². The number of benzene rings is 1. The first-order valence-corrected chi connectivity index (χ1v) is 7.78. The van der Waals surface area contributed by atoms with Gasteiger partial charge in [-0.25, -0.2) is 0 Å². The van der Waals surface area contributed by atoms with E-state index in [-0.39, 0.29) is 17.9 Å². The van der Waals surface area contributed by atoms with Crippen LogP contribution in [0.5, 0.6) is 0 Å². The SMILES string of the molecule is CC.CCCN1C(=O)[C@H](Cc2ccccc2)NC(=O)[C@@H]1C. The molecule has 2 rings (SSSR count). The Morgan fingerprint density at radius 3 is 2.33 bits per heavy atom. The second-order valence-corrected chi connectivity index (χ2v) is 4.96. The molecule has 0 saturated carbocycles. The number of amides is 2. The molecule has 4 heteroatoms. The summed E-state index contributed by atoms with van der Waals surface area (Å²) in [5, 5.41) is 2.82. The van der Waals surface area contributed by atoms with Crippen LogP contribution in [0.3, 0.4) is 0 Å². The number of rotatable bonds is 4. The Balaban J connectivity index is 0.00000106. The van der Waals surface area contributed by atoms with Crippen LogP contribution in [0.25, 0.3) is 0 Å². The Morgan fingerprint density at radius 2 is 1.76 bits per heavy atom. The van der Waals surface area contributed by atoms with Crippen molar-refractivity contribution in [1.82, 2.24) is 10.2 Å². The van der Waals surface area contributed by atoms with Crippen molar-refractivity contribution >= 4 is 11.8 Å². The Kier molecular flexibility index (Phi) is 6.92. The maximum absolute atomic E-state index is 12.4. The van der Waals surface area contributed by atoms with Crippen LogP contribution in [0.15, 0.2) is 30.3 Å². The van der Waals surface area contributed by atoms with Crippen LogP contribution in [-0.4, -0.2) is 35.3 Å². The lowest BCUT2D eigenvalue weighted by molar-refractivity contribution is -0.148. The van der Waals surface area contributed by atoms with Gasteiger partial charge >= 0.3 is 0 Å². The van der Waals surface area contributed by atoms with Gasteiger partial charge in [-0.3, -0.25) is 9.59 Å². The van der Waals surface area contributed by atoms with Crippen LogP contribution in [0, 0.1) is 0 Å². The number of hydrogen-bond acceptors (Lipinski definition) is 2. The third-order valence-electron chi connectivity index (χ3n) is 3.49. The van der Waals surface area contributed by atoms with Crippen LogP contribution in [0.4, 0.5) is 0 Å². The van der Waals surface area contributed by atoms with Crippen LogP contribution in [-0.2, 0) is 16.0 Å². The third-order valence-corrected chi connectivity index (χ3v) is 3.49. The summed E-state index contributed by atoms with van der Waals surface area (Å²) in [4.78, 5) is 26.0. The van der Waals surface area contributed by atoms with Crippen molar-refractivity contribution in [2.45, 2.75) is 52.6 Å². The van der Waals surface area contributed by atoms with Crippen molar-refractivity contribution in [3.05, 3.63) is 35.9 Å². The van der Waals surface area contributed by atoms with E-state index in [1.807, 2.05) is 51.1 Å². The molecule has 1 heterocycles. The van der Waals surface area contributed by atoms with E-state index in [1.165, 1.54) is 0 Å². The van der Waals surface area contributed by atoms with Crippen LogP contribution >= 0.6 is 0 Å². The van der Waals surface area contributed by atoms with Gasteiger partial charge < -0.3 is 10.2 Å². The van der Waals surface area contributed by atoms with Gasteiger partial charge in [0.2, 0.25) is 11.8 Å². The fraction of sp³-hybridized carbons (Fsp3) is 0.529. The molecule has 0 unspecified atom stereocenters. The zero-order chi connectivity index (χ0) is 15.8. The zero-order valence-electron chi connectivity index (χ0n) is 13.4. The Hall–Kier alpha value is -1.84. The normalized spacial score (nSPS) is 21.4. The first-order chi connectivity index (χ1) is 10.1. The standard InChI is InChI=1S/C15H20N2O2.C2H6/c1-3-9-17-11(2)14(18)16-13(15(17)19)10-12-7-5-4-6-8-12;1-2/h4-8,11,13H,3,9-10H2,1-2H3,(H,16,18);1-2H3/t11-,13-;/m0./s1. The highest BCUT2D eigenvalue weighted by Gasteiger charge is 2.37. The molecule has 0 aromatic heterocycles. The Bertz CT molecular complexity index is 459. The van der Waals surface area contributed by atoms with E-state index in [4.69, 9.17) is 0 Å². The van der Waals surface area contributed by atoms with E-state index in [0.29, 0.717) is 13.0 Å². The molecule has 2 amide bonds. The molecule has 1 N–H and O–H groups in total. The summed E-state index contributed by atoms with van der Waals surface area (Å²) >= 11 is 0. The number of carbonyl (C=O) groups excluding carboxylic acids is 2. The molecule has 1 aromatic carbocycles. The number of carbonyl (C=O) groups is 2. The molecule has 0 aliphatic carbocycles. The molecule has 1 fully saturated rings. The second-order valence-electron chi connectivity index (χ2n) is 4.96. The monoisotopic (exact) mass is 290 g/mol. The fourth-order valence-electron chi connectivity index (χ4n) is 2.42. The summed E-state index contributed by atoms with van der Waals surface area (Å²) in [6, 6.07) is 8.98. The van der Waals surface area contributed by atoms with Crippen molar-refractivity contribution in [3.8, 4) is 0 Å². The molecule has 0 spiro atoms. The van der Waals surface area contributed by atoms with Crippen molar-refractivity contribution in [1.29, 1.82) is 0 Å². The summed E-state index contributed by atoms with van der Waals surface area (Å²) in [6.45, 7) is 8.43. The van der Waals surface area contributed by atoms with E-state index in [1.54, 1.807) is 11.8 Å². The molecule has 0 bridgehead atoms. The molecular weight excluding hydrogens is 264 g/mol. The largest absolute Gasteiger partial charge is 0.342 e. The van der Waals surface area contributed by atoms with E-state index < -0.39 is 6.04 Å². The molecule has 2 atom stereocenters. The van der Waals surface area contributed by atoms with E-state index in [0.717, 1.165) is 12.0 Å². The van der Waals surface area contributed by atoms with Gasteiger partial charge in [-0.1, -0.05) is 51.1 Å². The van der Waals surface area contributed by atoms with Crippen LogP contribution in [0.2, 0.25) is 0 Å². The maximum Gasteiger partial charge on any atom is 0.246 e. The quantitative estimate of drug-likeness (QED) is 0.925. The van der Waals surface area contributed by atoms with Gasteiger partial charge in [0.05, 0.1) is 0 Å². The first-order valence-electron chi connectivity index (χ1n) is 7.78. The second kappa shape index (κ2) is 8.45. The Morgan fingerprint density at radius 1 is 1.14 bits per heavy atom. The average molecular weight is 290 g/mol. The smallest absolute Gasteiger partial charge is 0.246 e. The third kappa shape index (κ3) is 4.31. The lowest BCUT2D eigenvalue weighted by Gasteiger charge is -2.37. The van der Waals surface area contributed by atoms with Gasteiger partial charge in [-0.15, -0.1) is 0 Å². The summed E-state index contributed by atoms with van der Waals surface area (Å²) in [5.74, 6) is -0.0354. The molecular formula is C17H26N2O2. The molecule has 1 saturated heterocycles. The minimum atomic E-state index is -0.433. The lowest BCUT2D eigenvalue weighted by atomic mass is 10.0. The topological polar surface area (TPSA) is 49.4 Å². The van der Waals surface area contributed by atoms with Gasteiger partial charge in [0.1, 0.15) is 12.1 Å². The highest BCUT2D eigenvalue weighted by atomic mass is 16.2. The van der Waals surface area contributed by atoms with Crippen molar-refractivity contribution in [3.63, 3.8) is 0 Å². The van der Waals surface area contributed by atoms with Gasteiger partial charge in [0.15, 0.2) is 0 Å². The van der Waals surface area contributed by atoms with Gasteiger partial charge in [0.25, 0.3) is 0 Å². The lowest BCUT2D eigenvalue weighted by Crippen LogP contribution is -2.63. The van der Waals surface area contributed by atoms with Crippen molar-refractivity contribution < 1.29 is 9.59 Å². The summed E-state index contributed by atoms with van der Waals surface area (Å²) in [5.41, 5.74) is 1.06. The predicted molar refractivity (Wildman–Crippen MR) is 84.9 cm³/mol. The predicted octanol–water partition coefficient (Wildman–Crippen LogP) is 2.38. The molecule has 1 aromatic rings. The van der Waals surface area contributed by atoms with E-state index >= 15 is 0 Å². The molecule has 4 nitrogen and oxygen atoms in total.